The molecule has 27 heavy (non-hydrogen) atoms. The average molecular weight is 421 g/mol. The monoisotopic (exact) mass is 420 g/mol. The van der Waals surface area contributed by atoms with Gasteiger partial charge in [-0.2, -0.15) is 4.98 Å². The number of benzene rings is 3. The molecule has 0 bridgehead atoms. The highest BCUT2D eigenvalue weighted by molar-refractivity contribution is 9.10. The number of nitrogen functional groups attached to an aromatic ring is 1. The van der Waals surface area contributed by atoms with Crippen LogP contribution in [0.15, 0.2) is 71.2 Å². The quantitative estimate of drug-likeness (QED) is 0.438. The van der Waals surface area contributed by atoms with Gasteiger partial charge in [-0.05, 0) is 53.1 Å². The lowest BCUT2D eigenvalue weighted by molar-refractivity contribution is 0.282. The first-order valence-electron chi connectivity index (χ1n) is 8.42. The van der Waals surface area contributed by atoms with Crippen molar-refractivity contribution in [2.45, 2.75) is 6.61 Å². The molecule has 0 unspecified atom stereocenters. The maximum Gasteiger partial charge on any atom is 0.222 e. The van der Waals surface area contributed by atoms with Crippen LogP contribution in [-0.2, 0) is 6.61 Å². The number of aromatic nitrogens is 2. The molecule has 3 aromatic carbocycles. The summed E-state index contributed by atoms with van der Waals surface area (Å²) in [7, 11) is 0. The minimum absolute atomic E-state index is 0.0107. The van der Waals surface area contributed by atoms with Crippen LogP contribution in [0.25, 0.3) is 22.0 Å². The number of hydrogen-bond acceptors (Lipinski definition) is 5. The standard InChI is InChI=1S/C21H17BrN4O/c22-16-5-2-6-17(11-16)24-20-18-10-15(7-8-19(18)25-21(23)26-20)14-4-1-3-13(9-14)12-27/h1-11,27H,12H2,(H3,23,24,25,26). The van der Waals surface area contributed by atoms with E-state index in [1.165, 1.54) is 0 Å². The van der Waals surface area contributed by atoms with Crippen molar-refractivity contribution in [1.29, 1.82) is 0 Å². The zero-order valence-corrected chi connectivity index (χ0v) is 15.9. The van der Waals surface area contributed by atoms with Crippen molar-refractivity contribution in [2.24, 2.45) is 0 Å². The van der Waals surface area contributed by atoms with E-state index >= 15 is 0 Å². The van der Waals surface area contributed by atoms with Gasteiger partial charge < -0.3 is 16.2 Å². The highest BCUT2D eigenvalue weighted by Crippen LogP contribution is 2.30. The summed E-state index contributed by atoms with van der Waals surface area (Å²) in [6.45, 7) is 0.0107. The second kappa shape index (κ2) is 7.34. The molecule has 0 aliphatic carbocycles. The van der Waals surface area contributed by atoms with E-state index in [9.17, 15) is 5.11 Å². The van der Waals surface area contributed by atoms with E-state index < -0.39 is 0 Å². The lowest BCUT2D eigenvalue weighted by Gasteiger charge is -2.11. The normalized spacial score (nSPS) is 10.9. The first-order valence-corrected chi connectivity index (χ1v) is 9.22. The first kappa shape index (κ1) is 17.5. The predicted molar refractivity (Wildman–Crippen MR) is 113 cm³/mol. The van der Waals surface area contributed by atoms with Gasteiger partial charge in [0.05, 0.1) is 12.1 Å². The SMILES string of the molecule is Nc1nc(Nc2cccc(Br)c2)c2cc(-c3cccc(CO)c3)ccc2n1. The summed E-state index contributed by atoms with van der Waals surface area (Å²) >= 11 is 3.48. The van der Waals surface area contributed by atoms with Crippen molar-refractivity contribution >= 4 is 44.3 Å². The largest absolute Gasteiger partial charge is 0.392 e. The van der Waals surface area contributed by atoms with Gasteiger partial charge in [0.1, 0.15) is 5.82 Å². The van der Waals surface area contributed by atoms with Gasteiger partial charge in [-0.25, -0.2) is 4.98 Å². The molecule has 6 heteroatoms. The van der Waals surface area contributed by atoms with Gasteiger partial charge in [-0.1, -0.05) is 46.3 Å². The van der Waals surface area contributed by atoms with Crippen molar-refractivity contribution < 1.29 is 5.11 Å². The summed E-state index contributed by atoms with van der Waals surface area (Å²) in [4.78, 5) is 8.74. The number of hydrogen-bond donors (Lipinski definition) is 3. The summed E-state index contributed by atoms with van der Waals surface area (Å²) in [5, 5.41) is 13.6. The van der Waals surface area contributed by atoms with Gasteiger partial charge in [0.15, 0.2) is 0 Å². The summed E-state index contributed by atoms with van der Waals surface area (Å²) in [5.41, 5.74) is 10.5. The number of fused-ring (bicyclic) bond motifs is 1. The Morgan fingerprint density at radius 2 is 1.74 bits per heavy atom. The molecule has 1 aromatic heterocycles. The Kier molecular flexibility index (Phi) is 4.75. The zero-order chi connectivity index (χ0) is 18.8. The van der Waals surface area contributed by atoms with Crippen molar-refractivity contribution in [3.63, 3.8) is 0 Å². The topological polar surface area (TPSA) is 84.1 Å². The Morgan fingerprint density at radius 1 is 0.926 bits per heavy atom. The third-order valence-electron chi connectivity index (χ3n) is 4.24. The minimum atomic E-state index is 0.0107. The van der Waals surface area contributed by atoms with Gasteiger partial charge in [0.2, 0.25) is 5.95 Å². The van der Waals surface area contributed by atoms with E-state index in [4.69, 9.17) is 5.73 Å². The van der Waals surface area contributed by atoms with Gasteiger partial charge in [0.25, 0.3) is 0 Å². The molecule has 5 nitrogen and oxygen atoms in total. The number of anilines is 3. The molecule has 0 amide bonds. The minimum Gasteiger partial charge on any atom is -0.392 e. The van der Waals surface area contributed by atoms with Crippen molar-refractivity contribution in [2.75, 3.05) is 11.1 Å². The van der Waals surface area contributed by atoms with Crippen LogP contribution in [0, 0.1) is 0 Å². The maximum atomic E-state index is 9.39. The lowest BCUT2D eigenvalue weighted by Crippen LogP contribution is -2.01. The predicted octanol–water partition coefficient (Wildman–Crippen LogP) is 4.88. The number of nitrogens with two attached hydrogens (primary N) is 1. The number of nitrogens with one attached hydrogen (secondary N) is 1. The Labute approximate surface area is 165 Å². The lowest BCUT2D eigenvalue weighted by atomic mass is 10.0. The van der Waals surface area contributed by atoms with Crippen molar-refractivity contribution in [3.8, 4) is 11.1 Å². The van der Waals surface area contributed by atoms with Crippen LogP contribution < -0.4 is 11.1 Å². The van der Waals surface area contributed by atoms with Crippen LogP contribution in [0.2, 0.25) is 0 Å². The van der Waals surface area contributed by atoms with Gasteiger partial charge in [-0.3, -0.25) is 0 Å². The Morgan fingerprint density at radius 3 is 2.56 bits per heavy atom. The van der Waals surface area contributed by atoms with E-state index in [2.05, 4.69) is 31.2 Å². The first-order chi connectivity index (χ1) is 13.1. The number of rotatable bonds is 4. The van der Waals surface area contributed by atoms with Crippen LogP contribution in [0.1, 0.15) is 5.56 Å². The van der Waals surface area contributed by atoms with Crippen molar-refractivity contribution in [3.05, 3.63) is 76.8 Å². The van der Waals surface area contributed by atoms with Crippen LogP contribution in [-0.4, -0.2) is 15.1 Å². The van der Waals surface area contributed by atoms with Crippen LogP contribution in [0.4, 0.5) is 17.5 Å². The molecule has 0 saturated heterocycles. The highest BCUT2D eigenvalue weighted by Gasteiger charge is 2.09. The average Bonchev–Trinajstić information content (AvgIpc) is 2.68. The Hall–Kier alpha value is -2.96. The van der Waals surface area contributed by atoms with E-state index in [-0.39, 0.29) is 12.6 Å². The fourth-order valence-electron chi connectivity index (χ4n) is 2.97. The summed E-state index contributed by atoms with van der Waals surface area (Å²) in [6, 6.07) is 21.6. The van der Waals surface area contributed by atoms with Crippen LogP contribution in [0.5, 0.6) is 0 Å². The molecule has 0 fully saturated rings. The van der Waals surface area contributed by atoms with Crippen molar-refractivity contribution in [1.82, 2.24) is 9.97 Å². The highest BCUT2D eigenvalue weighted by atomic mass is 79.9. The molecule has 4 rings (SSSR count). The Balaban J connectivity index is 1.83. The van der Waals surface area contributed by atoms with Gasteiger partial charge >= 0.3 is 0 Å². The molecule has 0 radical (unpaired) electrons. The fourth-order valence-corrected chi connectivity index (χ4v) is 3.37. The molecule has 1 heterocycles. The van der Waals surface area contributed by atoms with E-state index in [0.29, 0.717) is 5.82 Å². The van der Waals surface area contributed by atoms with Gasteiger partial charge in [0, 0.05) is 15.5 Å². The molecule has 134 valence electrons. The molecule has 0 spiro atoms. The molecular weight excluding hydrogens is 404 g/mol. The molecular formula is C21H17BrN4O. The molecule has 4 aromatic rings. The zero-order valence-electron chi connectivity index (χ0n) is 14.4. The molecule has 4 N–H and O–H groups in total. The molecule has 0 saturated carbocycles. The van der Waals surface area contributed by atoms with E-state index in [1.54, 1.807) is 0 Å². The number of nitrogens with zero attached hydrogens (tertiary/aromatic N) is 2. The molecule has 0 atom stereocenters. The number of aliphatic hydroxyl groups is 1. The molecule has 0 aliphatic heterocycles. The second-order valence-electron chi connectivity index (χ2n) is 6.16. The van der Waals surface area contributed by atoms with E-state index in [0.717, 1.165) is 37.8 Å². The second-order valence-corrected chi connectivity index (χ2v) is 7.07. The van der Waals surface area contributed by atoms with Gasteiger partial charge in [-0.15, -0.1) is 0 Å². The maximum absolute atomic E-state index is 9.39. The smallest absolute Gasteiger partial charge is 0.222 e. The summed E-state index contributed by atoms with van der Waals surface area (Å²) in [6.07, 6.45) is 0. The fraction of sp³-hybridized carbons (Fsp3) is 0.0476. The number of halogens is 1. The number of aliphatic hydroxyl groups excluding tert-OH is 1. The third kappa shape index (κ3) is 3.77. The summed E-state index contributed by atoms with van der Waals surface area (Å²) < 4.78 is 0.973. The summed E-state index contributed by atoms with van der Waals surface area (Å²) in [5.74, 6) is 0.866. The van der Waals surface area contributed by atoms with Crippen LogP contribution >= 0.6 is 15.9 Å². The van der Waals surface area contributed by atoms with Crippen LogP contribution in [0.3, 0.4) is 0 Å². The Bertz CT molecular complexity index is 1130. The molecule has 0 aliphatic rings. The van der Waals surface area contributed by atoms with E-state index in [1.807, 2.05) is 66.7 Å². The third-order valence-corrected chi connectivity index (χ3v) is 4.74.